The van der Waals surface area contributed by atoms with Crippen LogP contribution in [0, 0.1) is 5.82 Å². The smallest absolute Gasteiger partial charge is 0.328 e. The Kier molecular flexibility index (Phi) is 5.75. The Balaban J connectivity index is 2.49. The second kappa shape index (κ2) is 7.33. The summed E-state index contributed by atoms with van der Waals surface area (Å²) in [6.45, 7) is 0.111. The van der Waals surface area contributed by atoms with Crippen molar-refractivity contribution in [2.45, 2.75) is 0 Å². The molecule has 0 aliphatic rings. The number of carbonyl (C=O) groups is 2. The number of hydrogen-bond donors (Lipinski definition) is 2. The summed E-state index contributed by atoms with van der Waals surface area (Å²) in [7, 11) is 0. The molecule has 0 saturated carbocycles. The van der Waals surface area contributed by atoms with Crippen molar-refractivity contribution in [2.24, 2.45) is 0 Å². The lowest BCUT2D eigenvalue weighted by atomic mass is 10.2. The van der Waals surface area contributed by atoms with Crippen molar-refractivity contribution in [2.75, 3.05) is 6.54 Å². The minimum absolute atomic E-state index is 0.0213. The van der Waals surface area contributed by atoms with Crippen LogP contribution >= 0.6 is 11.6 Å². The fourth-order valence-corrected chi connectivity index (χ4v) is 1.36. The second-order valence-corrected chi connectivity index (χ2v) is 3.90. The number of rotatable bonds is 5. The van der Waals surface area contributed by atoms with Gasteiger partial charge in [0.05, 0.1) is 5.02 Å². The van der Waals surface area contributed by atoms with E-state index in [1.807, 2.05) is 0 Å². The lowest BCUT2D eigenvalue weighted by Crippen LogP contribution is -2.20. The average molecular weight is 284 g/mol. The Bertz CT molecular complexity index is 541. The van der Waals surface area contributed by atoms with Gasteiger partial charge >= 0.3 is 5.97 Å². The summed E-state index contributed by atoms with van der Waals surface area (Å²) < 4.78 is 12.9. The molecular formula is C13H11ClFNO3. The van der Waals surface area contributed by atoms with E-state index in [9.17, 15) is 14.0 Å². The third-order valence-corrected chi connectivity index (χ3v) is 2.32. The fourth-order valence-electron chi connectivity index (χ4n) is 1.17. The van der Waals surface area contributed by atoms with Crippen molar-refractivity contribution >= 4 is 29.6 Å². The zero-order valence-corrected chi connectivity index (χ0v) is 10.5. The number of carboxylic acid groups (broad SMARTS) is 1. The van der Waals surface area contributed by atoms with Gasteiger partial charge in [0.2, 0.25) is 5.91 Å². The number of aliphatic carboxylic acids is 1. The molecule has 0 aliphatic carbocycles. The fraction of sp³-hybridized carbons (Fsp3) is 0.0769. The van der Waals surface area contributed by atoms with Crippen LogP contribution in [0.5, 0.6) is 0 Å². The van der Waals surface area contributed by atoms with Crippen molar-refractivity contribution in [3.05, 3.63) is 52.8 Å². The highest BCUT2D eigenvalue weighted by Gasteiger charge is 1.99. The van der Waals surface area contributed by atoms with Gasteiger partial charge < -0.3 is 10.4 Å². The van der Waals surface area contributed by atoms with Crippen LogP contribution in [0.15, 0.2) is 36.4 Å². The van der Waals surface area contributed by atoms with Gasteiger partial charge in [0.15, 0.2) is 0 Å². The summed E-state index contributed by atoms with van der Waals surface area (Å²) in [5.41, 5.74) is 0.586. The first kappa shape index (κ1) is 14.9. The van der Waals surface area contributed by atoms with Crippen LogP contribution in [0.4, 0.5) is 4.39 Å². The average Bonchev–Trinajstić information content (AvgIpc) is 2.36. The Labute approximate surface area is 114 Å². The standard InChI is InChI=1S/C13H11ClFNO3/c14-10-8-9(3-5-11(10)15)4-6-12(17)16-7-1-2-13(18)19/h1-6,8H,7H2,(H,16,17)(H,18,19)/b2-1+,6-4+. The SMILES string of the molecule is O=C(O)/C=C/CNC(=O)/C=C/c1ccc(F)c(Cl)c1. The van der Waals surface area contributed by atoms with Gasteiger partial charge in [0.1, 0.15) is 5.82 Å². The zero-order valence-electron chi connectivity index (χ0n) is 9.77. The van der Waals surface area contributed by atoms with Gasteiger partial charge in [-0.15, -0.1) is 0 Å². The van der Waals surface area contributed by atoms with Gasteiger partial charge in [-0.3, -0.25) is 4.79 Å². The highest BCUT2D eigenvalue weighted by atomic mass is 35.5. The molecule has 0 spiro atoms. The van der Waals surface area contributed by atoms with E-state index < -0.39 is 17.7 Å². The number of nitrogens with one attached hydrogen (secondary N) is 1. The molecule has 0 unspecified atom stereocenters. The van der Waals surface area contributed by atoms with Crippen LogP contribution in [0.2, 0.25) is 5.02 Å². The molecule has 19 heavy (non-hydrogen) atoms. The summed E-state index contributed by atoms with van der Waals surface area (Å²) in [5.74, 6) is -2.00. The molecular weight excluding hydrogens is 273 g/mol. The van der Waals surface area contributed by atoms with Gasteiger partial charge in [-0.25, -0.2) is 9.18 Å². The molecule has 0 radical (unpaired) electrons. The van der Waals surface area contributed by atoms with Gasteiger partial charge in [-0.1, -0.05) is 23.7 Å². The van der Waals surface area contributed by atoms with Crippen LogP contribution in [0.1, 0.15) is 5.56 Å². The molecule has 0 bridgehead atoms. The Morgan fingerprint density at radius 3 is 2.74 bits per heavy atom. The zero-order chi connectivity index (χ0) is 14.3. The van der Waals surface area contributed by atoms with E-state index in [-0.39, 0.29) is 11.6 Å². The lowest BCUT2D eigenvalue weighted by Gasteiger charge is -1.98. The maximum atomic E-state index is 12.9. The van der Waals surface area contributed by atoms with Crippen LogP contribution in [-0.2, 0) is 9.59 Å². The van der Waals surface area contributed by atoms with E-state index in [4.69, 9.17) is 16.7 Å². The number of hydrogen-bond acceptors (Lipinski definition) is 2. The molecule has 0 saturated heterocycles. The topological polar surface area (TPSA) is 66.4 Å². The molecule has 0 atom stereocenters. The van der Waals surface area contributed by atoms with Crippen molar-refractivity contribution in [3.8, 4) is 0 Å². The highest BCUT2D eigenvalue weighted by Crippen LogP contribution is 2.16. The quantitative estimate of drug-likeness (QED) is 0.815. The molecule has 2 N–H and O–H groups in total. The summed E-state index contributed by atoms with van der Waals surface area (Å²) in [4.78, 5) is 21.5. The molecule has 1 aromatic rings. The Morgan fingerprint density at radius 1 is 1.37 bits per heavy atom. The normalized spacial score (nSPS) is 11.1. The molecule has 1 amide bonds. The number of halogens is 2. The van der Waals surface area contributed by atoms with E-state index in [1.54, 1.807) is 0 Å². The minimum atomic E-state index is -1.08. The van der Waals surface area contributed by atoms with Gasteiger partial charge in [0, 0.05) is 18.7 Å². The van der Waals surface area contributed by atoms with Gasteiger partial charge in [-0.2, -0.15) is 0 Å². The number of carbonyl (C=O) groups excluding carboxylic acids is 1. The van der Waals surface area contributed by atoms with Crippen LogP contribution in [-0.4, -0.2) is 23.5 Å². The van der Waals surface area contributed by atoms with E-state index >= 15 is 0 Å². The molecule has 1 aromatic carbocycles. The molecule has 0 fully saturated rings. The first-order valence-corrected chi connectivity index (χ1v) is 5.67. The monoisotopic (exact) mass is 283 g/mol. The molecule has 6 heteroatoms. The molecule has 0 aromatic heterocycles. The van der Waals surface area contributed by atoms with Crippen molar-refractivity contribution in [3.63, 3.8) is 0 Å². The number of amides is 1. The summed E-state index contributed by atoms with van der Waals surface area (Å²) in [6, 6.07) is 4.08. The Hall–Kier alpha value is -2.14. The van der Waals surface area contributed by atoms with E-state index in [1.165, 1.54) is 36.4 Å². The highest BCUT2D eigenvalue weighted by molar-refractivity contribution is 6.30. The second-order valence-electron chi connectivity index (χ2n) is 3.49. The number of benzene rings is 1. The minimum Gasteiger partial charge on any atom is -0.478 e. The molecule has 0 heterocycles. The molecule has 100 valence electrons. The molecule has 0 aliphatic heterocycles. The van der Waals surface area contributed by atoms with Crippen LogP contribution in [0.3, 0.4) is 0 Å². The maximum absolute atomic E-state index is 12.9. The van der Waals surface area contributed by atoms with Crippen LogP contribution in [0.25, 0.3) is 6.08 Å². The van der Waals surface area contributed by atoms with E-state index in [0.29, 0.717) is 5.56 Å². The summed E-state index contributed by atoms with van der Waals surface area (Å²) in [5, 5.41) is 10.8. The lowest BCUT2D eigenvalue weighted by molar-refractivity contribution is -0.131. The van der Waals surface area contributed by atoms with Gasteiger partial charge in [-0.05, 0) is 23.8 Å². The molecule has 1 rings (SSSR count). The predicted octanol–water partition coefficient (Wildman–Crippen LogP) is 2.25. The van der Waals surface area contributed by atoms with Crippen LogP contribution < -0.4 is 5.32 Å². The predicted molar refractivity (Wildman–Crippen MR) is 70.2 cm³/mol. The van der Waals surface area contributed by atoms with E-state index in [2.05, 4.69) is 5.32 Å². The van der Waals surface area contributed by atoms with Crippen molar-refractivity contribution in [1.82, 2.24) is 5.32 Å². The largest absolute Gasteiger partial charge is 0.478 e. The first-order valence-electron chi connectivity index (χ1n) is 5.29. The van der Waals surface area contributed by atoms with Crippen molar-refractivity contribution < 1.29 is 19.1 Å². The first-order chi connectivity index (χ1) is 8.99. The van der Waals surface area contributed by atoms with E-state index in [0.717, 1.165) is 6.08 Å². The summed E-state index contributed by atoms with van der Waals surface area (Å²) in [6.07, 6.45) is 4.96. The van der Waals surface area contributed by atoms with Crippen molar-refractivity contribution in [1.29, 1.82) is 0 Å². The third-order valence-electron chi connectivity index (χ3n) is 2.03. The van der Waals surface area contributed by atoms with Gasteiger partial charge in [0.25, 0.3) is 0 Å². The molecule has 4 nitrogen and oxygen atoms in total. The maximum Gasteiger partial charge on any atom is 0.328 e. The Morgan fingerprint density at radius 2 is 2.11 bits per heavy atom. The third kappa shape index (κ3) is 5.83. The number of carboxylic acids is 1. The summed E-state index contributed by atoms with van der Waals surface area (Å²) >= 11 is 5.59.